The number of benzene rings is 2. The fourth-order valence-corrected chi connectivity index (χ4v) is 6.63. The Morgan fingerprint density at radius 3 is 2.27 bits per heavy atom. The van der Waals surface area contributed by atoms with Crippen LogP contribution in [-0.2, 0) is 32.4 Å². The molecule has 1 aliphatic carbocycles. The highest BCUT2D eigenvalue weighted by molar-refractivity contribution is 7.89. The first-order chi connectivity index (χ1) is 16.0. The topological polar surface area (TPSA) is 70.2 Å². The summed E-state index contributed by atoms with van der Waals surface area (Å²) >= 11 is 0. The molecular weight excluding hydrogens is 438 g/mol. The van der Waals surface area contributed by atoms with Crippen LogP contribution in [-0.4, -0.2) is 80.9 Å². The summed E-state index contributed by atoms with van der Waals surface area (Å²) in [6.45, 7) is 4.07. The van der Waals surface area contributed by atoms with Crippen LogP contribution in [0.2, 0.25) is 0 Å². The molecule has 2 saturated heterocycles. The number of aryl methyl sites for hydroxylation is 2. The lowest BCUT2D eigenvalue weighted by atomic mass is 10.0. The Hall–Kier alpha value is -2.26. The third-order valence-electron chi connectivity index (χ3n) is 7.02. The van der Waals surface area contributed by atoms with Gasteiger partial charge < -0.3 is 9.64 Å². The summed E-state index contributed by atoms with van der Waals surface area (Å²) in [5, 5.41) is 0. The van der Waals surface area contributed by atoms with Crippen molar-refractivity contribution >= 4 is 15.9 Å². The number of carbonyl (C=O) groups excluding carboxylic acids is 1. The molecule has 0 saturated carbocycles. The predicted molar refractivity (Wildman–Crippen MR) is 125 cm³/mol. The van der Waals surface area contributed by atoms with E-state index in [-0.39, 0.29) is 5.91 Å². The van der Waals surface area contributed by atoms with Gasteiger partial charge in [0.05, 0.1) is 18.1 Å². The number of ether oxygens (including phenoxy) is 1. The maximum atomic E-state index is 13.5. The van der Waals surface area contributed by atoms with Crippen LogP contribution >= 0.6 is 0 Å². The molecule has 0 aromatic heterocycles. The molecule has 0 bridgehead atoms. The van der Waals surface area contributed by atoms with Crippen LogP contribution < -0.4 is 0 Å². The summed E-state index contributed by atoms with van der Waals surface area (Å²) in [4.78, 5) is 17.9. The van der Waals surface area contributed by atoms with Gasteiger partial charge in [0.15, 0.2) is 0 Å². The smallest absolute Gasteiger partial charge is 0.244 e. The van der Waals surface area contributed by atoms with Gasteiger partial charge in [-0.3, -0.25) is 9.69 Å². The van der Waals surface area contributed by atoms with Crippen LogP contribution in [0.15, 0.2) is 53.4 Å². The molecule has 0 N–H and O–H groups in total. The van der Waals surface area contributed by atoms with Crippen molar-refractivity contribution in [3.05, 3.63) is 65.2 Å². The summed E-state index contributed by atoms with van der Waals surface area (Å²) in [5.41, 5.74) is 3.38. The number of morpholine rings is 1. The molecular formula is C25H31N3O4S. The average Bonchev–Trinajstić information content (AvgIpc) is 3.34. The number of nitrogens with zero attached hydrogens (tertiary/aromatic N) is 3. The third-order valence-corrected chi connectivity index (χ3v) is 8.91. The van der Waals surface area contributed by atoms with E-state index in [4.69, 9.17) is 4.74 Å². The number of hydrogen-bond acceptors (Lipinski definition) is 5. The van der Waals surface area contributed by atoms with Crippen LogP contribution in [0.5, 0.6) is 0 Å². The van der Waals surface area contributed by atoms with Crippen molar-refractivity contribution in [2.24, 2.45) is 0 Å². The van der Waals surface area contributed by atoms with E-state index < -0.39 is 16.1 Å². The number of hydrogen-bond donors (Lipinski definition) is 0. The molecule has 0 radical (unpaired) electrons. The molecule has 0 spiro atoms. The fourth-order valence-electron chi connectivity index (χ4n) is 5.16. The quantitative estimate of drug-likeness (QED) is 0.671. The molecule has 2 aromatic carbocycles. The minimum Gasteiger partial charge on any atom is -0.378 e. The van der Waals surface area contributed by atoms with E-state index in [1.807, 2.05) is 47.4 Å². The first kappa shape index (κ1) is 22.5. The Bertz CT molecular complexity index is 1090. The second-order valence-corrected chi connectivity index (χ2v) is 10.9. The van der Waals surface area contributed by atoms with Crippen LogP contribution in [0.25, 0.3) is 0 Å². The summed E-state index contributed by atoms with van der Waals surface area (Å²) in [6, 6.07) is 15.0. The Morgan fingerprint density at radius 1 is 0.848 bits per heavy atom. The van der Waals surface area contributed by atoms with Crippen molar-refractivity contribution in [3.63, 3.8) is 0 Å². The van der Waals surface area contributed by atoms with Crippen molar-refractivity contribution in [1.29, 1.82) is 0 Å². The van der Waals surface area contributed by atoms with Gasteiger partial charge in [-0.15, -0.1) is 0 Å². The van der Waals surface area contributed by atoms with Gasteiger partial charge >= 0.3 is 0 Å². The highest BCUT2D eigenvalue weighted by Gasteiger charge is 2.36. The van der Waals surface area contributed by atoms with Gasteiger partial charge in [0.1, 0.15) is 6.04 Å². The average molecular weight is 470 g/mol. The van der Waals surface area contributed by atoms with Gasteiger partial charge in [0.2, 0.25) is 15.9 Å². The first-order valence-electron chi connectivity index (χ1n) is 11.8. The third kappa shape index (κ3) is 4.57. The van der Waals surface area contributed by atoms with Crippen LogP contribution in [0.1, 0.15) is 29.2 Å². The summed E-state index contributed by atoms with van der Waals surface area (Å²) in [5.74, 6) is 0.0689. The highest BCUT2D eigenvalue weighted by Crippen LogP contribution is 2.29. The Balaban J connectivity index is 1.33. The van der Waals surface area contributed by atoms with Gasteiger partial charge in [-0.25, -0.2) is 8.42 Å². The maximum absolute atomic E-state index is 13.5. The number of piperazine rings is 1. The molecule has 7 nitrogen and oxygen atoms in total. The lowest BCUT2D eigenvalue weighted by Crippen LogP contribution is -2.54. The summed E-state index contributed by atoms with van der Waals surface area (Å²) in [6.07, 6.45) is 3.08. The second kappa shape index (κ2) is 9.54. The van der Waals surface area contributed by atoms with Crippen LogP contribution in [0.4, 0.5) is 0 Å². The monoisotopic (exact) mass is 469 g/mol. The van der Waals surface area contributed by atoms with Crippen LogP contribution in [0, 0.1) is 0 Å². The number of sulfonamides is 1. The minimum atomic E-state index is -3.54. The zero-order chi connectivity index (χ0) is 22.8. The largest absolute Gasteiger partial charge is 0.378 e. The standard InChI is InChI=1S/C25H31N3O4S/c29-25(27-15-17-32-18-16-27)24(21-5-2-1-3-6-21)26-11-13-28(14-12-26)33(30,31)23-10-9-20-7-4-8-22(20)19-23/h1-3,5-6,9-10,19,24H,4,7-8,11-18H2. The molecule has 5 rings (SSSR count). The highest BCUT2D eigenvalue weighted by atomic mass is 32.2. The van der Waals surface area contributed by atoms with Gasteiger partial charge in [-0.1, -0.05) is 36.4 Å². The number of fused-ring (bicyclic) bond motifs is 1. The van der Waals surface area contributed by atoms with E-state index in [1.54, 1.807) is 10.4 Å². The molecule has 1 unspecified atom stereocenters. The summed E-state index contributed by atoms with van der Waals surface area (Å²) < 4.78 is 33.7. The molecule has 2 aliphatic heterocycles. The van der Waals surface area contributed by atoms with Crippen molar-refractivity contribution in [2.45, 2.75) is 30.2 Å². The van der Waals surface area contributed by atoms with Crippen molar-refractivity contribution in [1.82, 2.24) is 14.1 Å². The Labute approximate surface area is 196 Å². The maximum Gasteiger partial charge on any atom is 0.244 e. The zero-order valence-corrected chi connectivity index (χ0v) is 19.7. The van der Waals surface area contributed by atoms with Gasteiger partial charge in [-0.05, 0) is 48.1 Å². The van der Waals surface area contributed by atoms with E-state index in [0.717, 1.165) is 30.4 Å². The molecule has 3 aliphatic rings. The SMILES string of the molecule is O=C(C(c1ccccc1)N1CCN(S(=O)(=O)c2ccc3c(c2)CCC3)CC1)N1CCOCC1. The Morgan fingerprint density at radius 2 is 1.55 bits per heavy atom. The molecule has 1 amide bonds. The van der Waals surface area contributed by atoms with Crippen molar-refractivity contribution in [3.8, 4) is 0 Å². The molecule has 1 atom stereocenters. The van der Waals surface area contributed by atoms with Gasteiger partial charge in [0, 0.05) is 39.3 Å². The lowest BCUT2D eigenvalue weighted by molar-refractivity contribution is -0.142. The molecule has 2 heterocycles. The number of amides is 1. The minimum absolute atomic E-state index is 0.0689. The van der Waals surface area contributed by atoms with Gasteiger partial charge in [0.25, 0.3) is 0 Å². The normalized spacial score (nSPS) is 21.0. The molecule has 2 fully saturated rings. The van der Waals surface area contributed by atoms with E-state index in [2.05, 4.69) is 4.90 Å². The van der Waals surface area contributed by atoms with Crippen LogP contribution in [0.3, 0.4) is 0 Å². The molecule has 2 aromatic rings. The van der Waals surface area contributed by atoms with Crippen molar-refractivity contribution in [2.75, 3.05) is 52.5 Å². The fraction of sp³-hybridized carbons (Fsp3) is 0.480. The number of carbonyl (C=O) groups is 1. The van der Waals surface area contributed by atoms with E-state index in [1.165, 1.54) is 5.56 Å². The van der Waals surface area contributed by atoms with Gasteiger partial charge in [-0.2, -0.15) is 4.31 Å². The summed E-state index contributed by atoms with van der Waals surface area (Å²) in [7, 11) is -3.54. The molecule has 8 heteroatoms. The first-order valence-corrected chi connectivity index (χ1v) is 13.3. The predicted octanol–water partition coefficient (Wildman–Crippen LogP) is 2.08. The van der Waals surface area contributed by atoms with E-state index in [0.29, 0.717) is 57.4 Å². The van der Waals surface area contributed by atoms with E-state index >= 15 is 0 Å². The van der Waals surface area contributed by atoms with E-state index in [9.17, 15) is 13.2 Å². The second-order valence-electron chi connectivity index (χ2n) is 8.98. The lowest BCUT2D eigenvalue weighted by Gasteiger charge is -2.40. The Kier molecular flexibility index (Phi) is 6.51. The molecule has 33 heavy (non-hydrogen) atoms. The van der Waals surface area contributed by atoms with Crippen molar-refractivity contribution < 1.29 is 17.9 Å². The molecule has 176 valence electrons. The number of rotatable bonds is 5. The zero-order valence-electron chi connectivity index (χ0n) is 18.9.